The normalized spacial score (nSPS) is 11.7. The quantitative estimate of drug-likeness (QED) is 0.372. The lowest BCUT2D eigenvalue weighted by Gasteiger charge is -2.10. The average Bonchev–Trinajstić information content (AvgIpc) is 3.15. The van der Waals surface area contributed by atoms with Crippen molar-refractivity contribution in [2.75, 3.05) is 24.2 Å². The minimum atomic E-state index is -4.17. The summed E-state index contributed by atoms with van der Waals surface area (Å²) in [5.41, 5.74) is 7.90. The van der Waals surface area contributed by atoms with Crippen LogP contribution < -0.4 is 10.5 Å². The SMILES string of the molecule is COCCc1nc(-c2ccc(NS(=O)(=O)c3cccc(Cl)c3F)cc2)nc2n[nH]c(N)c12. The molecule has 0 aliphatic carbocycles. The number of nitrogen functional groups attached to an aromatic ring is 1. The average molecular weight is 477 g/mol. The summed E-state index contributed by atoms with van der Waals surface area (Å²) in [5.74, 6) is -0.247. The monoisotopic (exact) mass is 476 g/mol. The molecule has 0 amide bonds. The van der Waals surface area contributed by atoms with Gasteiger partial charge in [0, 0.05) is 24.8 Å². The van der Waals surface area contributed by atoms with E-state index in [9.17, 15) is 12.8 Å². The topological polar surface area (TPSA) is 136 Å². The smallest absolute Gasteiger partial charge is 0.264 e. The second-order valence-corrected chi connectivity index (χ2v) is 8.87. The van der Waals surface area contributed by atoms with Crippen molar-refractivity contribution in [2.24, 2.45) is 0 Å². The number of ether oxygens (including phenoxy) is 1. The Morgan fingerprint density at radius 1 is 1.19 bits per heavy atom. The van der Waals surface area contributed by atoms with Gasteiger partial charge < -0.3 is 10.5 Å². The Hall–Kier alpha value is -3.28. The summed E-state index contributed by atoms with van der Waals surface area (Å²) >= 11 is 5.69. The molecule has 0 atom stereocenters. The number of hydrogen-bond acceptors (Lipinski definition) is 7. The van der Waals surface area contributed by atoms with Crippen LogP contribution in [0.2, 0.25) is 5.02 Å². The van der Waals surface area contributed by atoms with E-state index in [0.29, 0.717) is 47.0 Å². The van der Waals surface area contributed by atoms with Crippen molar-refractivity contribution in [3.8, 4) is 11.4 Å². The van der Waals surface area contributed by atoms with E-state index in [-0.39, 0.29) is 10.7 Å². The Morgan fingerprint density at radius 3 is 2.66 bits per heavy atom. The standard InChI is InChI=1S/C20H18ClFN6O3S/c1-31-10-9-14-16-18(23)26-27-20(16)25-19(24-14)11-5-7-12(8-6-11)28-32(29,30)15-4-2-3-13(21)17(15)22/h2-8,28H,9-10H2,1H3,(H3,23,24,25,26,27). The molecule has 9 nitrogen and oxygen atoms in total. The molecule has 0 radical (unpaired) electrons. The third-order valence-electron chi connectivity index (χ3n) is 4.66. The summed E-state index contributed by atoms with van der Waals surface area (Å²) < 4.78 is 46.7. The van der Waals surface area contributed by atoms with Crippen LogP contribution in [-0.4, -0.2) is 42.3 Å². The largest absolute Gasteiger partial charge is 0.384 e. The van der Waals surface area contributed by atoms with E-state index >= 15 is 0 Å². The number of fused-ring (bicyclic) bond motifs is 1. The van der Waals surface area contributed by atoms with Crippen LogP contribution in [0, 0.1) is 5.82 Å². The highest BCUT2D eigenvalue weighted by atomic mass is 35.5. The van der Waals surface area contributed by atoms with Gasteiger partial charge in [0.05, 0.1) is 22.7 Å². The van der Waals surface area contributed by atoms with Crippen LogP contribution in [0.5, 0.6) is 0 Å². The number of aromatic amines is 1. The van der Waals surface area contributed by atoms with Crippen molar-refractivity contribution in [3.63, 3.8) is 0 Å². The van der Waals surface area contributed by atoms with Crippen LogP contribution in [0.4, 0.5) is 15.9 Å². The van der Waals surface area contributed by atoms with Gasteiger partial charge in [0.15, 0.2) is 17.3 Å². The van der Waals surface area contributed by atoms with Crippen LogP contribution >= 0.6 is 11.6 Å². The number of nitrogens with zero attached hydrogens (tertiary/aromatic N) is 3. The maximum Gasteiger partial charge on any atom is 0.264 e. The van der Waals surface area contributed by atoms with Crippen molar-refractivity contribution in [1.29, 1.82) is 0 Å². The minimum Gasteiger partial charge on any atom is -0.384 e. The van der Waals surface area contributed by atoms with Crippen molar-refractivity contribution < 1.29 is 17.5 Å². The highest BCUT2D eigenvalue weighted by molar-refractivity contribution is 7.92. The first-order valence-electron chi connectivity index (χ1n) is 9.37. The van der Waals surface area contributed by atoms with Crippen LogP contribution in [0.15, 0.2) is 47.4 Å². The van der Waals surface area contributed by atoms with E-state index in [1.54, 1.807) is 19.2 Å². The molecule has 4 aromatic rings. The molecule has 2 aromatic heterocycles. The molecular formula is C20H18ClFN6O3S. The number of anilines is 2. The molecule has 0 bridgehead atoms. The molecule has 0 unspecified atom stereocenters. The molecule has 0 aliphatic heterocycles. The maximum absolute atomic E-state index is 14.1. The zero-order valence-corrected chi connectivity index (χ0v) is 18.3. The van der Waals surface area contributed by atoms with E-state index < -0.39 is 20.7 Å². The molecule has 32 heavy (non-hydrogen) atoms. The molecule has 166 valence electrons. The molecule has 0 aliphatic rings. The fraction of sp³-hybridized carbons (Fsp3) is 0.150. The Bertz CT molecular complexity index is 1390. The molecule has 0 saturated carbocycles. The van der Waals surface area contributed by atoms with Gasteiger partial charge in [-0.3, -0.25) is 9.82 Å². The minimum absolute atomic E-state index is 0.234. The highest BCUT2D eigenvalue weighted by Gasteiger charge is 2.21. The summed E-state index contributed by atoms with van der Waals surface area (Å²) in [6.07, 6.45) is 0.509. The van der Waals surface area contributed by atoms with Gasteiger partial charge in [0.1, 0.15) is 10.7 Å². The lowest BCUT2D eigenvalue weighted by Crippen LogP contribution is -2.14. The van der Waals surface area contributed by atoms with Gasteiger partial charge in [-0.15, -0.1) is 0 Å². The van der Waals surface area contributed by atoms with Gasteiger partial charge in [0.25, 0.3) is 10.0 Å². The summed E-state index contributed by atoms with van der Waals surface area (Å²) in [6.45, 7) is 0.441. The van der Waals surface area contributed by atoms with E-state index in [1.807, 2.05) is 0 Å². The van der Waals surface area contributed by atoms with E-state index in [1.165, 1.54) is 24.3 Å². The molecule has 12 heteroatoms. The first kappa shape index (κ1) is 21.9. The third-order valence-corrected chi connectivity index (χ3v) is 6.35. The van der Waals surface area contributed by atoms with Crippen LogP contribution in [0.3, 0.4) is 0 Å². The molecule has 0 spiro atoms. The van der Waals surface area contributed by atoms with Gasteiger partial charge in [-0.1, -0.05) is 17.7 Å². The first-order chi connectivity index (χ1) is 15.3. The van der Waals surface area contributed by atoms with Gasteiger partial charge in [0.2, 0.25) is 0 Å². The van der Waals surface area contributed by atoms with Crippen molar-refractivity contribution >= 4 is 44.2 Å². The van der Waals surface area contributed by atoms with Gasteiger partial charge >= 0.3 is 0 Å². The number of sulfonamides is 1. The van der Waals surface area contributed by atoms with E-state index in [4.69, 9.17) is 22.1 Å². The number of hydrogen-bond donors (Lipinski definition) is 3. The Morgan fingerprint density at radius 2 is 1.94 bits per heavy atom. The molecular weight excluding hydrogens is 459 g/mol. The number of benzene rings is 2. The van der Waals surface area contributed by atoms with Crippen molar-refractivity contribution in [1.82, 2.24) is 20.2 Å². The van der Waals surface area contributed by atoms with Gasteiger partial charge in [-0.2, -0.15) is 5.10 Å². The second kappa shape index (κ2) is 8.69. The predicted octanol–water partition coefficient (Wildman–Crippen LogP) is 3.38. The molecule has 4 rings (SSSR count). The third kappa shape index (κ3) is 4.22. The number of nitrogens with one attached hydrogen (secondary N) is 2. The second-order valence-electron chi connectivity index (χ2n) is 6.81. The van der Waals surface area contributed by atoms with Crippen LogP contribution in [0.1, 0.15) is 5.69 Å². The molecule has 4 N–H and O–H groups in total. The predicted molar refractivity (Wildman–Crippen MR) is 119 cm³/mol. The zero-order valence-electron chi connectivity index (χ0n) is 16.8. The fourth-order valence-corrected chi connectivity index (χ4v) is 4.51. The zero-order chi connectivity index (χ0) is 22.9. The lowest BCUT2D eigenvalue weighted by molar-refractivity contribution is 0.202. The van der Waals surface area contributed by atoms with E-state index in [2.05, 4.69) is 24.9 Å². The summed E-state index contributed by atoms with van der Waals surface area (Å²) in [4.78, 5) is 8.47. The number of H-pyrrole nitrogens is 1. The number of rotatable bonds is 7. The van der Waals surface area contributed by atoms with Crippen LogP contribution in [0.25, 0.3) is 22.4 Å². The Labute approximate surface area is 187 Å². The number of nitrogens with two attached hydrogens (primary N) is 1. The van der Waals surface area contributed by atoms with Crippen LogP contribution in [-0.2, 0) is 21.2 Å². The number of halogens is 2. The molecule has 0 fully saturated rings. The first-order valence-corrected chi connectivity index (χ1v) is 11.2. The Kier molecular flexibility index (Phi) is 5.96. The van der Waals surface area contributed by atoms with Crippen molar-refractivity contribution in [3.05, 3.63) is 59.0 Å². The van der Waals surface area contributed by atoms with E-state index in [0.717, 1.165) is 6.07 Å². The Balaban J connectivity index is 1.64. The maximum atomic E-state index is 14.1. The highest BCUT2D eigenvalue weighted by Crippen LogP contribution is 2.27. The molecule has 2 heterocycles. The molecule has 0 saturated heterocycles. The molecule has 2 aromatic carbocycles. The summed E-state index contributed by atoms with van der Waals surface area (Å²) in [7, 11) is -2.58. The van der Waals surface area contributed by atoms with Gasteiger partial charge in [-0.05, 0) is 36.4 Å². The number of methoxy groups -OCH3 is 1. The fourth-order valence-electron chi connectivity index (χ4n) is 3.12. The summed E-state index contributed by atoms with van der Waals surface area (Å²) in [6, 6.07) is 10.1. The summed E-state index contributed by atoms with van der Waals surface area (Å²) in [5, 5.41) is 7.17. The number of aromatic nitrogens is 4. The lowest BCUT2D eigenvalue weighted by atomic mass is 10.1. The van der Waals surface area contributed by atoms with Crippen molar-refractivity contribution in [2.45, 2.75) is 11.3 Å². The van der Waals surface area contributed by atoms with Gasteiger partial charge in [-0.25, -0.2) is 22.8 Å².